The average molecular weight is 147 g/mol. The average Bonchev–Trinajstić information content (AvgIpc) is 1.85. The third-order valence-corrected chi connectivity index (χ3v) is 1.97. The first-order valence-corrected chi connectivity index (χ1v) is 3.27. The fraction of sp³-hybridized carbons (Fsp3) is 1.00. The lowest BCUT2D eigenvalue weighted by molar-refractivity contribution is -0.128. The Morgan fingerprint density at radius 3 is 2.00 bits per heavy atom. The zero-order chi connectivity index (χ0) is 7.83. The molecular formula is C6H13NO3. The quantitative estimate of drug-likeness (QED) is 0.371. The monoisotopic (exact) mass is 147 g/mol. The van der Waals surface area contributed by atoms with Crippen LogP contribution in [-0.4, -0.2) is 39.7 Å². The molecule has 0 radical (unpaired) electrons. The van der Waals surface area contributed by atoms with Crippen LogP contribution < -0.4 is 5.73 Å². The van der Waals surface area contributed by atoms with Crippen LogP contribution in [-0.2, 0) is 0 Å². The zero-order valence-corrected chi connectivity index (χ0v) is 5.75. The normalized spacial score (nSPS) is 46.8. The summed E-state index contributed by atoms with van der Waals surface area (Å²) in [5.74, 6) is 0. The molecule has 4 nitrogen and oxygen atoms in total. The van der Waals surface area contributed by atoms with Crippen molar-refractivity contribution < 1.29 is 15.3 Å². The molecule has 4 heteroatoms. The molecule has 0 heterocycles. The number of hydrogen-bond donors (Lipinski definition) is 4. The number of hydrogen-bond acceptors (Lipinski definition) is 4. The molecule has 1 rings (SSSR count). The molecule has 0 atom stereocenters. The van der Waals surface area contributed by atoms with Crippen LogP contribution in [0.2, 0.25) is 0 Å². The van der Waals surface area contributed by atoms with Gasteiger partial charge < -0.3 is 21.1 Å². The molecule has 0 amide bonds. The highest BCUT2D eigenvalue weighted by Gasteiger charge is 2.50. The van der Waals surface area contributed by atoms with Crippen molar-refractivity contribution in [2.24, 2.45) is 5.73 Å². The minimum atomic E-state index is -1.03. The second-order valence-electron chi connectivity index (χ2n) is 3.26. The van der Waals surface area contributed by atoms with Gasteiger partial charge in [-0.05, 0) is 12.8 Å². The van der Waals surface area contributed by atoms with Crippen molar-refractivity contribution in [3.8, 4) is 0 Å². The van der Waals surface area contributed by atoms with E-state index in [0.29, 0.717) is 0 Å². The molecule has 0 spiro atoms. The summed E-state index contributed by atoms with van der Waals surface area (Å²) in [6.45, 7) is -0.402. The highest BCUT2D eigenvalue weighted by molar-refractivity contribution is 5.07. The maximum atomic E-state index is 9.24. The van der Waals surface area contributed by atoms with Gasteiger partial charge in [-0.1, -0.05) is 0 Å². The fourth-order valence-corrected chi connectivity index (χ4v) is 1.48. The van der Waals surface area contributed by atoms with E-state index in [-0.39, 0.29) is 26.1 Å². The minimum Gasteiger partial charge on any atom is -0.394 e. The van der Waals surface area contributed by atoms with E-state index in [4.69, 9.17) is 15.9 Å². The van der Waals surface area contributed by atoms with E-state index >= 15 is 0 Å². The molecular weight excluding hydrogens is 134 g/mol. The van der Waals surface area contributed by atoms with E-state index in [1.54, 1.807) is 0 Å². The number of aliphatic hydroxyl groups is 3. The molecule has 0 aliphatic heterocycles. The van der Waals surface area contributed by atoms with Gasteiger partial charge in [-0.3, -0.25) is 0 Å². The van der Waals surface area contributed by atoms with Gasteiger partial charge >= 0.3 is 0 Å². The summed E-state index contributed by atoms with van der Waals surface area (Å²) in [5, 5.41) is 26.5. The zero-order valence-electron chi connectivity index (χ0n) is 5.75. The molecule has 10 heavy (non-hydrogen) atoms. The fourth-order valence-electron chi connectivity index (χ4n) is 1.48. The molecule has 0 bridgehead atoms. The van der Waals surface area contributed by atoms with Crippen molar-refractivity contribution in [1.82, 2.24) is 0 Å². The van der Waals surface area contributed by atoms with Crippen molar-refractivity contribution in [2.45, 2.75) is 24.0 Å². The standard InChI is InChI=1S/C6H13NO3/c7-5(3-8)1-6(10,2-5)4-9/h8-10H,1-4,7H2. The van der Waals surface area contributed by atoms with Gasteiger partial charge in [0.05, 0.1) is 18.8 Å². The lowest BCUT2D eigenvalue weighted by atomic mass is 9.66. The first-order chi connectivity index (χ1) is 4.54. The molecule has 0 unspecified atom stereocenters. The van der Waals surface area contributed by atoms with Crippen LogP contribution in [0.25, 0.3) is 0 Å². The number of nitrogens with two attached hydrogens (primary N) is 1. The van der Waals surface area contributed by atoms with Gasteiger partial charge in [0.2, 0.25) is 0 Å². The van der Waals surface area contributed by atoms with E-state index in [1.165, 1.54) is 0 Å². The second kappa shape index (κ2) is 2.17. The van der Waals surface area contributed by atoms with Gasteiger partial charge in [0.25, 0.3) is 0 Å². The summed E-state index contributed by atoms with van der Waals surface area (Å²) < 4.78 is 0. The lowest BCUT2D eigenvalue weighted by Crippen LogP contribution is -2.65. The van der Waals surface area contributed by atoms with Crippen LogP contribution in [0.4, 0.5) is 0 Å². The van der Waals surface area contributed by atoms with Crippen molar-refractivity contribution in [3.63, 3.8) is 0 Å². The Labute approximate surface area is 59.3 Å². The molecule has 0 aromatic rings. The topological polar surface area (TPSA) is 86.7 Å². The molecule has 0 aromatic carbocycles. The summed E-state index contributed by atoms with van der Waals surface area (Å²) in [7, 11) is 0. The van der Waals surface area contributed by atoms with Crippen LogP contribution in [0.5, 0.6) is 0 Å². The van der Waals surface area contributed by atoms with Crippen molar-refractivity contribution in [2.75, 3.05) is 13.2 Å². The Balaban J connectivity index is 2.42. The second-order valence-corrected chi connectivity index (χ2v) is 3.26. The van der Waals surface area contributed by atoms with Crippen LogP contribution >= 0.6 is 0 Å². The van der Waals surface area contributed by atoms with E-state index in [1.807, 2.05) is 0 Å². The summed E-state index contributed by atoms with van der Waals surface area (Å²) in [6, 6.07) is 0. The predicted octanol–water partition coefficient (Wildman–Crippen LogP) is -1.81. The Morgan fingerprint density at radius 2 is 1.70 bits per heavy atom. The minimum absolute atomic E-state index is 0.130. The van der Waals surface area contributed by atoms with Crippen LogP contribution in [0, 0.1) is 0 Å². The molecule has 1 aliphatic rings. The smallest absolute Gasteiger partial charge is 0.0914 e. The third-order valence-electron chi connectivity index (χ3n) is 1.97. The van der Waals surface area contributed by atoms with Crippen molar-refractivity contribution >= 4 is 0 Å². The molecule has 60 valence electrons. The molecule has 0 saturated heterocycles. The lowest BCUT2D eigenvalue weighted by Gasteiger charge is -2.49. The summed E-state index contributed by atoms with van der Waals surface area (Å²) in [5.41, 5.74) is 3.85. The first-order valence-electron chi connectivity index (χ1n) is 3.27. The summed E-state index contributed by atoms with van der Waals surface area (Å²) >= 11 is 0. The van der Waals surface area contributed by atoms with E-state index in [9.17, 15) is 5.11 Å². The first kappa shape index (κ1) is 7.94. The van der Waals surface area contributed by atoms with Gasteiger partial charge in [-0.25, -0.2) is 0 Å². The van der Waals surface area contributed by atoms with Gasteiger partial charge in [0, 0.05) is 5.54 Å². The highest BCUT2D eigenvalue weighted by Crippen LogP contribution is 2.38. The van der Waals surface area contributed by atoms with Gasteiger partial charge in [0.15, 0.2) is 0 Å². The molecule has 0 aromatic heterocycles. The van der Waals surface area contributed by atoms with Gasteiger partial charge in [0.1, 0.15) is 0 Å². The van der Waals surface area contributed by atoms with E-state index < -0.39 is 11.1 Å². The Hall–Kier alpha value is -0.160. The Kier molecular flexibility index (Phi) is 1.72. The Morgan fingerprint density at radius 1 is 1.20 bits per heavy atom. The third kappa shape index (κ3) is 1.15. The van der Waals surface area contributed by atoms with Crippen LogP contribution in [0.15, 0.2) is 0 Å². The SMILES string of the molecule is NC1(CO)CC(O)(CO)C1. The summed E-state index contributed by atoms with van der Waals surface area (Å²) in [4.78, 5) is 0. The summed E-state index contributed by atoms with van der Waals surface area (Å²) in [6.07, 6.45) is 0.569. The van der Waals surface area contributed by atoms with Gasteiger partial charge in [-0.2, -0.15) is 0 Å². The van der Waals surface area contributed by atoms with E-state index in [2.05, 4.69) is 0 Å². The van der Waals surface area contributed by atoms with Crippen LogP contribution in [0.1, 0.15) is 12.8 Å². The number of aliphatic hydroxyl groups excluding tert-OH is 2. The van der Waals surface area contributed by atoms with Crippen molar-refractivity contribution in [1.29, 1.82) is 0 Å². The van der Waals surface area contributed by atoms with Gasteiger partial charge in [-0.15, -0.1) is 0 Å². The predicted molar refractivity (Wildman–Crippen MR) is 35.3 cm³/mol. The largest absolute Gasteiger partial charge is 0.394 e. The number of rotatable bonds is 2. The van der Waals surface area contributed by atoms with E-state index in [0.717, 1.165) is 0 Å². The maximum Gasteiger partial charge on any atom is 0.0914 e. The molecule has 5 N–H and O–H groups in total. The molecule has 1 aliphatic carbocycles. The molecule has 1 saturated carbocycles. The van der Waals surface area contributed by atoms with Crippen LogP contribution in [0.3, 0.4) is 0 Å². The maximum absolute atomic E-state index is 9.24. The molecule has 1 fully saturated rings. The Bertz CT molecular complexity index is 117. The highest BCUT2D eigenvalue weighted by atomic mass is 16.3. The van der Waals surface area contributed by atoms with Crippen molar-refractivity contribution in [3.05, 3.63) is 0 Å².